The van der Waals surface area contributed by atoms with E-state index in [2.05, 4.69) is 10.3 Å². The summed E-state index contributed by atoms with van der Waals surface area (Å²) in [6.07, 6.45) is 0.0328. The molecule has 0 radical (unpaired) electrons. The standard InChI is InChI=1S/C16H18N2O5S/c1-9-15(16(20)21)24-14(18-9)7-13(19)17-8-10-6-11(22-2)4-5-12(10)23-3/h4-6H,7-8H2,1-3H3,(H,17,19)(H,20,21). The average Bonchev–Trinajstić information content (AvgIpc) is 2.93. The van der Waals surface area contributed by atoms with Gasteiger partial charge in [0, 0.05) is 12.1 Å². The molecular weight excluding hydrogens is 332 g/mol. The zero-order valence-electron chi connectivity index (χ0n) is 13.6. The summed E-state index contributed by atoms with van der Waals surface area (Å²) in [6.45, 7) is 1.89. The summed E-state index contributed by atoms with van der Waals surface area (Å²) in [4.78, 5) is 27.4. The highest BCUT2D eigenvalue weighted by Gasteiger charge is 2.16. The number of carbonyl (C=O) groups excluding carboxylic acids is 1. The number of hydrogen-bond acceptors (Lipinski definition) is 6. The molecule has 2 rings (SSSR count). The molecule has 1 heterocycles. The molecule has 0 aliphatic carbocycles. The van der Waals surface area contributed by atoms with Gasteiger partial charge >= 0.3 is 5.97 Å². The van der Waals surface area contributed by atoms with E-state index in [4.69, 9.17) is 14.6 Å². The normalized spacial score (nSPS) is 10.3. The van der Waals surface area contributed by atoms with E-state index in [0.717, 1.165) is 16.9 Å². The molecule has 0 saturated carbocycles. The van der Waals surface area contributed by atoms with Crippen molar-refractivity contribution in [1.82, 2.24) is 10.3 Å². The molecule has 2 aromatic rings. The van der Waals surface area contributed by atoms with Gasteiger partial charge in [0.15, 0.2) is 0 Å². The minimum absolute atomic E-state index is 0.0328. The number of nitrogens with one attached hydrogen (secondary N) is 1. The van der Waals surface area contributed by atoms with Gasteiger partial charge in [0.2, 0.25) is 5.91 Å². The van der Waals surface area contributed by atoms with Gasteiger partial charge in [0.05, 0.1) is 26.3 Å². The van der Waals surface area contributed by atoms with Crippen molar-refractivity contribution < 1.29 is 24.2 Å². The number of amides is 1. The molecule has 0 saturated heterocycles. The summed E-state index contributed by atoms with van der Waals surface area (Å²) in [5, 5.41) is 12.3. The molecule has 0 unspecified atom stereocenters. The van der Waals surface area contributed by atoms with Gasteiger partial charge in [-0.3, -0.25) is 4.79 Å². The molecule has 8 heteroatoms. The number of aromatic nitrogens is 1. The number of nitrogens with zero attached hydrogens (tertiary/aromatic N) is 1. The van der Waals surface area contributed by atoms with E-state index in [1.54, 1.807) is 39.3 Å². The molecular formula is C16H18N2O5S. The van der Waals surface area contributed by atoms with Crippen LogP contribution in [-0.4, -0.2) is 36.2 Å². The van der Waals surface area contributed by atoms with Gasteiger partial charge in [-0.05, 0) is 25.1 Å². The Bertz CT molecular complexity index is 757. The molecule has 128 valence electrons. The van der Waals surface area contributed by atoms with Gasteiger partial charge in [0.1, 0.15) is 21.4 Å². The first kappa shape index (κ1) is 17.7. The van der Waals surface area contributed by atoms with E-state index in [1.807, 2.05) is 0 Å². The van der Waals surface area contributed by atoms with Gasteiger partial charge in [-0.15, -0.1) is 11.3 Å². The number of carboxylic acids is 1. The number of carboxylic acid groups (broad SMARTS) is 1. The molecule has 24 heavy (non-hydrogen) atoms. The average molecular weight is 350 g/mol. The van der Waals surface area contributed by atoms with Crippen molar-refractivity contribution in [3.8, 4) is 11.5 Å². The lowest BCUT2D eigenvalue weighted by atomic mass is 10.2. The lowest BCUT2D eigenvalue weighted by Gasteiger charge is -2.11. The maximum absolute atomic E-state index is 12.1. The molecule has 0 aliphatic heterocycles. The van der Waals surface area contributed by atoms with Crippen molar-refractivity contribution in [2.75, 3.05) is 14.2 Å². The zero-order chi connectivity index (χ0) is 17.7. The van der Waals surface area contributed by atoms with Gasteiger partial charge in [0.25, 0.3) is 0 Å². The highest BCUT2D eigenvalue weighted by molar-refractivity contribution is 7.13. The first-order valence-corrected chi connectivity index (χ1v) is 7.93. The van der Waals surface area contributed by atoms with Crippen LogP contribution in [0, 0.1) is 6.92 Å². The second kappa shape index (κ2) is 7.78. The largest absolute Gasteiger partial charge is 0.497 e. The molecule has 1 aromatic carbocycles. The third-order valence-electron chi connectivity index (χ3n) is 3.31. The van der Waals surface area contributed by atoms with E-state index in [-0.39, 0.29) is 23.7 Å². The predicted molar refractivity (Wildman–Crippen MR) is 88.9 cm³/mol. The number of hydrogen-bond donors (Lipinski definition) is 2. The number of aryl methyl sites for hydroxylation is 1. The minimum Gasteiger partial charge on any atom is -0.497 e. The Hall–Kier alpha value is -2.61. The number of ether oxygens (including phenoxy) is 2. The number of rotatable bonds is 7. The number of thiazole rings is 1. The Morgan fingerprint density at radius 3 is 2.62 bits per heavy atom. The maximum atomic E-state index is 12.1. The molecule has 0 atom stereocenters. The van der Waals surface area contributed by atoms with Crippen molar-refractivity contribution in [2.24, 2.45) is 0 Å². The number of methoxy groups -OCH3 is 2. The molecule has 0 spiro atoms. The van der Waals surface area contributed by atoms with Crippen LogP contribution in [0.4, 0.5) is 0 Å². The van der Waals surface area contributed by atoms with Crippen LogP contribution >= 0.6 is 11.3 Å². The molecule has 1 amide bonds. The van der Waals surface area contributed by atoms with Gasteiger partial charge in [-0.25, -0.2) is 9.78 Å². The van der Waals surface area contributed by atoms with E-state index in [0.29, 0.717) is 22.2 Å². The summed E-state index contributed by atoms with van der Waals surface area (Å²) in [6, 6.07) is 5.33. The van der Waals surface area contributed by atoms with Crippen LogP contribution in [0.25, 0.3) is 0 Å². The van der Waals surface area contributed by atoms with Crippen molar-refractivity contribution >= 4 is 23.2 Å². The van der Waals surface area contributed by atoms with Crippen LogP contribution < -0.4 is 14.8 Å². The highest BCUT2D eigenvalue weighted by Crippen LogP contribution is 2.24. The van der Waals surface area contributed by atoms with Crippen LogP contribution in [-0.2, 0) is 17.8 Å². The van der Waals surface area contributed by atoms with Crippen LogP contribution in [0.1, 0.15) is 25.9 Å². The van der Waals surface area contributed by atoms with Crippen molar-refractivity contribution in [3.05, 3.63) is 39.3 Å². The Labute approximate surface area is 143 Å². The van der Waals surface area contributed by atoms with Crippen LogP contribution in [0.2, 0.25) is 0 Å². The number of carbonyl (C=O) groups is 2. The molecule has 1 aromatic heterocycles. The van der Waals surface area contributed by atoms with E-state index >= 15 is 0 Å². The predicted octanol–water partition coefficient (Wildman–Crippen LogP) is 2.03. The summed E-state index contributed by atoms with van der Waals surface area (Å²) >= 11 is 1.02. The van der Waals surface area contributed by atoms with Crippen molar-refractivity contribution in [2.45, 2.75) is 19.9 Å². The van der Waals surface area contributed by atoms with Gasteiger partial charge in [-0.1, -0.05) is 0 Å². The Balaban J connectivity index is 2.01. The first-order valence-electron chi connectivity index (χ1n) is 7.11. The number of benzene rings is 1. The van der Waals surface area contributed by atoms with E-state index < -0.39 is 5.97 Å². The Kier molecular flexibility index (Phi) is 5.75. The Morgan fingerprint density at radius 1 is 1.29 bits per heavy atom. The lowest BCUT2D eigenvalue weighted by Crippen LogP contribution is -2.24. The second-order valence-electron chi connectivity index (χ2n) is 4.96. The third-order valence-corrected chi connectivity index (χ3v) is 4.46. The minimum atomic E-state index is -1.03. The zero-order valence-corrected chi connectivity index (χ0v) is 14.4. The number of aromatic carboxylic acids is 1. The van der Waals surface area contributed by atoms with Crippen LogP contribution in [0.15, 0.2) is 18.2 Å². The summed E-state index contributed by atoms with van der Waals surface area (Å²) < 4.78 is 10.4. The smallest absolute Gasteiger partial charge is 0.347 e. The van der Waals surface area contributed by atoms with E-state index in [1.165, 1.54) is 0 Å². The molecule has 7 nitrogen and oxygen atoms in total. The highest BCUT2D eigenvalue weighted by atomic mass is 32.1. The van der Waals surface area contributed by atoms with Crippen LogP contribution in [0.3, 0.4) is 0 Å². The lowest BCUT2D eigenvalue weighted by molar-refractivity contribution is -0.120. The Morgan fingerprint density at radius 2 is 2.04 bits per heavy atom. The summed E-state index contributed by atoms with van der Waals surface area (Å²) in [7, 11) is 3.12. The van der Waals surface area contributed by atoms with Gasteiger partial charge < -0.3 is 19.9 Å². The van der Waals surface area contributed by atoms with E-state index in [9.17, 15) is 9.59 Å². The summed E-state index contributed by atoms with van der Waals surface area (Å²) in [5.41, 5.74) is 1.21. The third kappa shape index (κ3) is 4.23. The fourth-order valence-electron chi connectivity index (χ4n) is 2.14. The molecule has 2 N–H and O–H groups in total. The van der Waals surface area contributed by atoms with Crippen molar-refractivity contribution in [1.29, 1.82) is 0 Å². The second-order valence-corrected chi connectivity index (χ2v) is 6.04. The first-order chi connectivity index (χ1) is 11.4. The quantitative estimate of drug-likeness (QED) is 0.793. The SMILES string of the molecule is COc1ccc(OC)c(CNC(=O)Cc2nc(C)c(C(=O)O)s2)c1. The van der Waals surface area contributed by atoms with Crippen molar-refractivity contribution in [3.63, 3.8) is 0 Å². The molecule has 0 fully saturated rings. The summed E-state index contributed by atoms with van der Waals surface area (Å²) in [5.74, 6) is 0.0411. The topological polar surface area (TPSA) is 97.8 Å². The maximum Gasteiger partial charge on any atom is 0.347 e. The fourth-order valence-corrected chi connectivity index (χ4v) is 3.04. The fraction of sp³-hybridized carbons (Fsp3) is 0.312. The van der Waals surface area contributed by atoms with Gasteiger partial charge in [-0.2, -0.15) is 0 Å². The van der Waals surface area contributed by atoms with Crippen LogP contribution in [0.5, 0.6) is 11.5 Å². The monoisotopic (exact) mass is 350 g/mol. The molecule has 0 aliphatic rings. The molecule has 0 bridgehead atoms.